The lowest BCUT2D eigenvalue weighted by molar-refractivity contribution is 1.15. The van der Waals surface area contributed by atoms with Crippen LogP contribution in [-0.4, -0.2) is 9.13 Å². The number of nitrogens with zero attached hydrogens (tertiary/aromatic N) is 2. The molecule has 0 N–H and O–H groups in total. The summed E-state index contributed by atoms with van der Waals surface area (Å²) in [7, 11) is 0. The van der Waals surface area contributed by atoms with Gasteiger partial charge in [0.2, 0.25) is 0 Å². The summed E-state index contributed by atoms with van der Waals surface area (Å²) in [5, 5.41) is 7.54. The Bertz CT molecular complexity index is 2440. The molecule has 0 saturated carbocycles. The van der Waals surface area contributed by atoms with Crippen LogP contribution in [0.1, 0.15) is 0 Å². The molecular formula is C40H26N2. The van der Waals surface area contributed by atoms with Crippen LogP contribution >= 0.6 is 0 Å². The minimum atomic E-state index is 1.16. The predicted octanol–water partition coefficient (Wildman–Crippen LogP) is 10.7. The SMILES string of the molecule is c1ccc(-c2cccc3cc(-n4c5ccccc5c5ccc6c7ccccc7n(-c7ccccc7)c6c54)ccc23)cc1. The number of aromatic nitrogens is 2. The van der Waals surface area contributed by atoms with E-state index in [9.17, 15) is 0 Å². The van der Waals surface area contributed by atoms with Gasteiger partial charge in [-0.2, -0.15) is 0 Å². The molecule has 9 rings (SSSR count). The zero-order valence-electron chi connectivity index (χ0n) is 22.9. The number of benzene rings is 7. The highest BCUT2D eigenvalue weighted by Gasteiger charge is 2.21. The van der Waals surface area contributed by atoms with Crippen molar-refractivity contribution in [2.75, 3.05) is 0 Å². The first kappa shape index (κ1) is 23.1. The third-order valence-electron chi connectivity index (χ3n) is 8.69. The number of hydrogen-bond donors (Lipinski definition) is 0. The molecule has 0 aliphatic carbocycles. The molecule has 0 aliphatic heterocycles. The molecule has 0 fully saturated rings. The zero-order valence-corrected chi connectivity index (χ0v) is 22.9. The van der Waals surface area contributed by atoms with Gasteiger partial charge in [0.15, 0.2) is 0 Å². The third-order valence-corrected chi connectivity index (χ3v) is 8.69. The molecule has 0 amide bonds. The number of rotatable bonds is 3. The molecule has 0 radical (unpaired) electrons. The first-order valence-corrected chi connectivity index (χ1v) is 14.5. The molecule has 0 bridgehead atoms. The molecule has 0 spiro atoms. The van der Waals surface area contributed by atoms with Gasteiger partial charge in [0, 0.05) is 32.9 Å². The van der Waals surface area contributed by atoms with E-state index < -0.39 is 0 Å². The van der Waals surface area contributed by atoms with E-state index in [1.165, 1.54) is 71.2 Å². The molecule has 9 aromatic rings. The fourth-order valence-corrected chi connectivity index (χ4v) is 6.89. The first-order chi connectivity index (χ1) is 20.9. The Balaban J connectivity index is 1.43. The van der Waals surface area contributed by atoms with E-state index in [2.05, 4.69) is 167 Å². The molecule has 0 atom stereocenters. The van der Waals surface area contributed by atoms with Crippen LogP contribution in [0, 0.1) is 0 Å². The van der Waals surface area contributed by atoms with Crippen LogP contribution in [0.15, 0.2) is 158 Å². The highest BCUT2D eigenvalue weighted by atomic mass is 15.0. The maximum absolute atomic E-state index is 2.47. The summed E-state index contributed by atoms with van der Waals surface area (Å²) in [5.41, 5.74) is 9.71. The van der Waals surface area contributed by atoms with Gasteiger partial charge in [-0.25, -0.2) is 0 Å². The van der Waals surface area contributed by atoms with Crippen LogP contribution in [-0.2, 0) is 0 Å². The minimum absolute atomic E-state index is 1.16. The number of hydrogen-bond acceptors (Lipinski definition) is 0. The van der Waals surface area contributed by atoms with Crippen molar-refractivity contribution in [1.29, 1.82) is 0 Å². The van der Waals surface area contributed by atoms with Gasteiger partial charge >= 0.3 is 0 Å². The monoisotopic (exact) mass is 534 g/mol. The average Bonchev–Trinajstić information content (AvgIpc) is 3.58. The normalized spacial score (nSPS) is 11.8. The molecule has 2 heterocycles. The topological polar surface area (TPSA) is 9.86 Å². The highest BCUT2D eigenvalue weighted by Crippen LogP contribution is 2.42. The largest absolute Gasteiger partial charge is 0.307 e. The lowest BCUT2D eigenvalue weighted by atomic mass is 9.98. The Kier molecular flexibility index (Phi) is 4.93. The van der Waals surface area contributed by atoms with E-state index >= 15 is 0 Å². The van der Waals surface area contributed by atoms with Crippen molar-refractivity contribution in [3.05, 3.63) is 158 Å². The Hall–Kier alpha value is -5.60. The molecule has 2 aromatic heterocycles. The summed E-state index contributed by atoms with van der Waals surface area (Å²) >= 11 is 0. The molecule has 2 nitrogen and oxygen atoms in total. The quantitative estimate of drug-likeness (QED) is 0.213. The summed E-state index contributed by atoms with van der Waals surface area (Å²) < 4.78 is 4.91. The molecular weight excluding hydrogens is 508 g/mol. The number of para-hydroxylation sites is 3. The van der Waals surface area contributed by atoms with Gasteiger partial charge in [0.1, 0.15) is 0 Å². The Morgan fingerprint density at radius 2 is 0.881 bits per heavy atom. The second-order valence-corrected chi connectivity index (χ2v) is 11.0. The van der Waals surface area contributed by atoms with Crippen molar-refractivity contribution in [3.8, 4) is 22.5 Å². The van der Waals surface area contributed by atoms with Crippen LogP contribution in [0.3, 0.4) is 0 Å². The van der Waals surface area contributed by atoms with Crippen LogP contribution < -0.4 is 0 Å². The van der Waals surface area contributed by atoms with Crippen molar-refractivity contribution in [2.24, 2.45) is 0 Å². The summed E-state index contributed by atoms with van der Waals surface area (Å²) in [5.74, 6) is 0. The van der Waals surface area contributed by atoms with E-state index in [0.29, 0.717) is 0 Å². The predicted molar refractivity (Wildman–Crippen MR) is 178 cm³/mol. The van der Waals surface area contributed by atoms with Gasteiger partial charge in [-0.3, -0.25) is 0 Å². The number of fused-ring (bicyclic) bond motifs is 8. The molecule has 42 heavy (non-hydrogen) atoms. The lowest BCUT2D eigenvalue weighted by Crippen LogP contribution is -1.98. The second-order valence-electron chi connectivity index (χ2n) is 11.0. The van der Waals surface area contributed by atoms with Crippen LogP contribution in [0.4, 0.5) is 0 Å². The summed E-state index contributed by atoms with van der Waals surface area (Å²) in [6.07, 6.45) is 0. The van der Waals surface area contributed by atoms with Gasteiger partial charge in [0.25, 0.3) is 0 Å². The molecule has 0 saturated heterocycles. The van der Waals surface area contributed by atoms with Crippen LogP contribution in [0.2, 0.25) is 0 Å². The van der Waals surface area contributed by atoms with E-state index in [-0.39, 0.29) is 0 Å². The molecule has 7 aromatic carbocycles. The maximum Gasteiger partial charge on any atom is 0.0788 e. The van der Waals surface area contributed by atoms with Crippen LogP contribution in [0.25, 0.3) is 76.9 Å². The summed E-state index contributed by atoms with van der Waals surface area (Å²) in [4.78, 5) is 0. The van der Waals surface area contributed by atoms with E-state index in [1.807, 2.05) is 0 Å². The molecule has 0 aliphatic rings. The second kappa shape index (κ2) is 8.95. The van der Waals surface area contributed by atoms with Crippen molar-refractivity contribution >= 4 is 54.4 Å². The molecule has 0 unspecified atom stereocenters. The van der Waals surface area contributed by atoms with Crippen molar-refractivity contribution in [3.63, 3.8) is 0 Å². The standard InChI is InChI=1S/C40H26N2/c1-3-12-27(13-4-1)31-19-11-14-28-26-30(22-23-32(28)31)42-38-21-10-8-18-34(38)36-25-24-35-33-17-7-9-20-37(33)41(39(35)40(36)42)29-15-5-2-6-16-29/h1-26H. The third kappa shape index (κ3) is 3.27. The smallest absolute Gasteiger partial charge is 0.0788 e. The minimum Gasteiger partial charge on any atom is -0.307 e. The highest BCUT2D eigenvalue weighted by molar-refractivity contribution is 6.23. The maximum atomic E-state index is 2.47. The Labute approximate surface area is 243 Å². The van der Waals surface area contributed by atoms with Crippen molar-refractivity contribution in [1.82, 2.24) is 9.13 Å². The molecule has 196 valence electrons. The van der Waals surface area contributed by atoms with Crippen LogP contribution in [0.5, 0.6) is 0 Å². The zero-order chi connectivity index (χ0) is 27.6. The van der Waals surface area contributed by atoms with Crippen molar-refractivity contribution < 1.29 is 0 Å². The van der Waals surface area contributed by atoms with E-state index in [1.54, 1.807) is 0 Å². The van der Waals surface area contributed by atoms with E-state index in [4.69, 9.17) is 0 Å². The Morgan fingerprint density at radius 1 is 0.333 bits per heavy atom. The average molecular weight is 535 g/mol. The summed E-state index contributed by atoms with van der Waals surface area (Å²) in [6, 6.07) is 57.2. The van der Waals surface area contributed by atoms with Gasteiger partial charge in [-0.15, -0.1) is 0 Å². The first-order valence-electron chi connectivity index (χ1n) is 14.5. The van der Waals surface area contributed by atoms with Gasteiger partial charge in [-0.1, -0.05) is 121 Å². The Morgan fingerprint density at radius 3 is 1.55 bits per heavy atom. The fraction of sp³-hybridized carbons (Fsp3) is 0. The fourth-order valence-electron chi connectivity index (χ4n) is 6.89. The lowest BCUT2D eigenvalue weighted by Gasteiger charge is -2.14. The van der Waals surface area contributed by atoms with E-state index in [0.717, 1.165) is 5.69 Å². The van der Waals surface area contributed by atoms with Crippen molar-refractivity contribution in [2.45, 2.75) is 0 Å². The summed E-state index contributed by atoms with van der Waals surface area (Å²) in [6.45, 7) is 0. The van der Waals surface area contributed by atoms with Gasteiger partial charge < -0.3 is 9.13 Å². The van der Waals surface area contributed by atoms with Gasteiger partial charge in [-0.05, 0) is 58.3 Å². The van der Waals surface area contributed by atoms with Gasteiger partial charge in [0.05, 0.1) is 22.1 Å². The molecule has 2 heteroatoms.